The molecule has 4 N–H and O–H groups in total. The number of phenolic OH excluding ortho intramolecular Hbond substituents is 1. The molecule has 118 valence electrons. The number of hydrogen-bond donors (Lipinski definition) is 3. The van der Waals surface area contributed by atoms with Gasteiger partial charge in [-0.1, -0.05) is 12.1 Å². The largest absolute Gasteiger partial charge is 0.508 e. The molecule has 1 aliphatic rings. The number of aromatic nitrogens is 1. The van der Waals surface area contributed by atoms with Crippen molar-refractivity contribution in [2.45, 2.75) is 0 Å². The van der Waals surface area contributed by atoms with Gasteiger partial charge in [0.05, 0.1) is 16.8 Å². The maximum Gasteiger partial charge on any atom is 0.262 e. The van der Waals surface area contributed by atoms with Gasteiger partial charge in [0.2, 0.25) is 0 Å². The Morgan fingerprint density at radius 2 is 1.79 bits per heavy atom. The van der Waals surface area contributed by atoms with Gasteiger partial charge >= 0.3 is 0 Å². The predicted molar refractivity (Wildman–Crippen MR) is 87.4 cm³/mol. The molecule has 3 aromatic rings. The fourth-order valence-electron chi connectivity index (χ4n) is 2.98. The third-order valence-corrected chi connectivity index (χ3v) is 4.04. The molecule has 0 saturated carbocycles. The number of phenols is 1. The summed E-state index contributed by atoms with van der Waals surface area (Å²) >= 11 is 0. The van der Waals surface area contributed by atoms with Crippen molar-refractivity contribution in [2.75, 3.05) is 5.73 Å². The van der Waals surface area contributed by atoms with Crippen molar-refractivity contribution in [1.82, 2.24) is 9.88 Å². The van der Waals surface area contributed by atoms with Crippen LogP contribution in [0.4, 0.5) is 5.82 Å². The topological polar surface area (TPSA) is 114 Å². The Morgan fingerprint density at radius 3 is 2.58 bits per heavy atom. The van der Waals surface area contributed by atoms with Crippen LogP contribution in [0.2, 0.25) is 0 Å². The highest BCUT2D eigenvalue weighted by molar-refractivity contribution is 6.23. The highest BCUT2D eigenvalue weighted by Gasteiger charge is 2.32. The average molecular weight is 321 g/mol. The van der Waals surface area contributed by atoms with Crippen LogP contribution in [0.3, 0.4) is 0 Å². The van der Waals surface area contributed by atoms with E-state index in [1.165, 1.54) is 10.6 Å². The van der Waals surface area contributed by atoms with Gasteiger partial charge in [-0.2, -0.15) is 0 Å². The zero-order chi connectivity index (χ0) is 17.0. The van der Waals surface area contributed by atoms with E-state index in [9.17, 15) is 19.5 Å². The number of nitrogens with one attached hydrogen (secondary N) is 1. The zero-order valence-electron chi connectivity index (χ0n) is 12.2. The number of imide groups is 1. The smallest absolute Gasteiger partial charge is 0.262 e. The normalized spacial score (nSPS) is 13.2. The molecule has 1 aliphatic heterocycles. The number of pyridine rings is 1. The van der Waals surface area contributed by atoms with Crippen molar-refractivity contribution in [1.29, 1.82) is 0 Å². The van der Waals surface area contributed by atoms with Crippen LogP contribution < -0.4 is 16.6 Å². The monoisotopic (exact) mass is 321 g/mol. The van der Waals surface area contributed by atoms with Gasteiger partial charge in [-0.05, 0) is 29.7 Å². The highest BCUT2D eigenvalue weighted by Crippen LogP contribution is 2.28. The fourth-order valence-corrected chi connectivity index (χ4v) is 2.98. The number of rotatable bonds is 1. The molecular formula is C17H11N3O4. The van der Waals surface area contributed by atoms with Crippen LogP contribution in [0.25, 0.3) is 16.5 Å². The predicted octanol–water partition coefficient (Wildman–Crippen LogP) is 1.16. The van der Waals surface area contributed by atoms with Crippen molar-refractivity contribution in [3.8, 4) is 11.4 Å². The number of carbonyl (C=O) groups is 2. The minimum absolute atomic E-state index is 0.00428. The number of nitrogens with two attached hydrogens (primary N) is 1. The summed E-state index contributed by atoms with van der Waals surface area (Å²) in [6.07, 6.45) is 0. The molecule has 0 unspecified atom stereocenters. The van der Waals surface area contributed by atoms with Crippen molar-refractivity contribution < 1.29 is 14.7 Å². The quantitative estimate of drug-likeness (QED) is 0.582. The number of amides is 2. The van der Waals surface area contributed by atoms with Crippen LogP contribution in [-0.4, -0.2) is 21.5 Å². The summed E-state index contributed by atoms with van der Waals surface area (Å²) in [5.41, 5.74) is 5.97. The van der Waals surface area contributed by atoms with Gasteiger partial charge in [-0.3, -0.25) is 24.3 Å². The van der Waals surface area contributed by atoms with E-state index in [0.29, 0.717) is 16.5 Å². The molecule has 0 radical (unpaired) electrons. The summed E-state index contributed by atoms with van der Waals surface area (Å²) in [6, 6.07) is 11.0. The number of benzene rings is 2. The molecule has 0 atom stereocenters. The van der Waals surface area contributed by atoms with E-state index >= 15 is 0 Å². The number of hydrogen-bond acceptors (Lipinski definition) is 5. The first-order chi connectivity index (χ1) is 11.5. The lowest BCUT2D eigenvalue weighted by Gasteiger charge is -2.14. The van der Waals surface area contributed by atoms with Gasteiger partial charge in [-0.25, -0.2) is 0 Å². The first kappa shape index (κ1) is 14.0. The molecule has 2 aromatic carbocycles. The number of anilines is 1. The van der Waals surface area contributed by atoms with Gasteiger partial charge in [0.1, 0.15) is 11.6 Å². The molecule has 0 saturated heterocycles. The summed E-state index contributed by atoms with van der Waals surface area (Å²) in [5.74, 6) is -1.26. The second-order valence-electron chi connectivity index (χ2n) is 5.46. The standard InChI is InChI=1S/C17H11N3O4/c18-15-14-11(16(23)19-17(14)24)7-13(22)20(15)12-3-1-2-8-6-9(21)4-5-10(8)12/h1-7,21H,18H2,(H,19,23,24). The van der Waals surface area contributed by atoms with Gasteiger partial charge in [0, 0.05) is 11.5 Å². The minimum Gasteiger partial charge on any atom is -0.508 e. The Labute approximate surface area is 134 Å². The molecular weight excluding hydrogens is 310 g/mol. The molecule has 0 aliphatic carbocycles. The molecule has 1 aromatic heterocycles. The van der Waals surface area contributed by atoms with E-state index in [1.54, 1.807) is 30.3 Å². The Morgan fingerprint density at radius 1 is 1.00 bits per heavy atom. The summed E-state index contributed by atoms with van der Waals surface area (Å²) in [7, 11) is 0. The zero-order valence-corrected chi connectivity index (χ0v) is 12.2. The molecule has 24 heavy (non-hydrogen) atoms. The lowest BCUT2D eigenvalue weighted by atomic mass is 10.1. The van der Waals surface area contributed by atoms with E-state index in [2.05, 4.69) is 5.32 Å². The average Bonchev–Trinajstić information content (AvgIpc) is 2.81. The third kappa shape index (κ3) is 1.81. The van der Waals surface area contributed by atoms with E-state index in [1.807, 2.05) is 0 Å². The third-order valence-electron chi connectivity index (χ3n) is 4.04. The molecule has 0 bridgehead atoms. The van der Waals surface area contributed by atoms with Crippen LogP contribution in [-0.2, 0) is 0 Å². The van der Waals surface area contributed by atoms with Crippen LogP contribution in [0.5, 0.6) is 5.75 Å². The van der Waals surface area contributed by atoms with Gasteiger partial charge in [0.15, 0.2) is 0 Å². The summed E-state index contributed by atoms with van der Waals surface area (Å²) < 4.78 is 1.19. The van der Waals surface area contributed by atoms with Crippen molar-refractivity contribution in [3.63, 3.8) is 0 Å². The Bertz CT molecular complexity index is 1110. The number of carbonyl (C=O) groups excluding carboxylic acids is 2. The highest BCUT2D eigenvalue weighted by atomic mass is 16.3. The first-order valence-electron chi connectivity index (χ1n) is 7.10. The lowest BCUT2D eigenvalue weighted by Crippen LogP contribution is -2.24. The minimum atomic E-state index is -0.631. The van der Waals surface area contributed by atoms with Gasteiger partial charge < -0.3 is 10.8 Å². The van der Waals surface area contributed by atoms with E-state index < -0.39 is 17.4 Å². The number of fused-ring (bicyclic) bond motifs is 2. The van der Waals surface area contributed by atoms with Crippen LogP contribution in [0.15, 0.2) is 47.3 Å². The number of nitrogen functional groups attached to an aromatic ring is 1. The van der Waals surface area contributed by atoms with Crippen LogP contribution in [0, 0.1) is 0 Å². The van der Waals surface area contributed by atoms with E-state index in [-0.39, 0.29) is 22.7 Å². The molecule has 0 spiro atoms. The lowest BCUT2D eigenvalue weighted by molar-refractivity contribution is 0.0880. The van der Waals surface area contributed by atoms with E-state index in [0.717, 1.165) is 6.07 Å². The molecule has 7 nitrogen and oxygen atoms in total. The fraction of sp³-hybridized carbons (Fsp3) is 0. The van der Waals surface area contributed by atoms with Crippen LogP contribution >= 0.6 is 0 Å². The maximum absolute atomic E-state index is 12.5. The summed E-state index contributed by atoms with van der Waals surface area (Å²) in [6.45, 7) is 0. The number of nitrogens with zero attached hydrogens (tertiary/aromatic N) is 1. The molecule has 4 rings (SSSR count). The maximum atomic E-state index is 12.5. The molecule has 2 heterocycles. The first-order valence-corrected chi connectivity index (χ1v) is 7.10. The number of aromatic hydroxyl groups is 1. The van der Waals surface area contributed by atoms with E-state index in [4.69, 9.17) is 5.73 Å². The van der Waals surface area contributed by atoms with Crippen molar-refractivity contribution in [2.24, 2.45) is 0 Å². The second kappa shape index (κ2) is 4.69. The molecule has 7 heteroatoms. The van der Waals surface area contributed by atoms with Gasteiger partial charge in [-0.15, -0.1) is 0 Å². The molecule has 2 amide bonds. The Balaban J connectivity index is 2.10. The SMILES string of the molecule is Nc1c2c(cc(=O)n1-c1cccc3cc(O)ccc13)C(=O)NC2=O. The Hall–Kier alpha value is -3.61. The van der Waals surface area contributed by atoms with Gasteiger partial charge in [0.25, 0.3) is 17.4 Å². The summed E-state index contributed by atoms with van der Waals surface area (Å²) in [4.78, 5) is 36.2. The van der Waals surface area contributed by atoms with Crippen molar-refractivity contribution in [3.05, 3.63) is 63.9 Å². The molecule has 0 fully saturated rings. The van der Waals surface area contributed by atoms with Crippen molar-refractivity contribution >= 4 is 28.4 Å². The van der Waals surface area contributed by atoms with Crippen LogP contribution in [0.1, 0.15) is 20.7 Å². The second-order valence-corrected chi connectivity index (χ2v) is 5.46. The summed E-state index contributed by atoms with van der Waals surface area (Å²) in [5, 5.41) is 13.1. The Kier molecular flexibility index (Phi) is 2.74.